The molecule has 0 spiro atoms. The summed E-state index contributed by atoms with van der Waals surface area (Å²) in [4.78, 5) is 20.2. The molecule has 21 heavy (non-hydrogen) atoms. The number of carbonyl (C=O) groups is 1. The quantitative estimate of drug-likeness (QED) is 0.624. The number of fused-ring (bicyclic) bond motifs is 1. The predicted molar refractivity (Wildman–Crippen MR) is 79.2 cm³/mol. The van der Waals surface area contributed by atoms with Gasteiger partial charge in [-0.2, -0.15) is 0 Å². The van der Waals surface area contributed by atoms with Gasteiger partial charge in [-0.15, -0.1) is 0 Å². The highest BCUT2D eigenvalue weighted by Gasteiger charge is 2.08. The predicted octanol–water partition coefficient (Wildman–Crippen LogP) is 2.41. The van der Waals surface area contributed by atoms with Crippen LogP contribution in [0.25, 0.3) is 11.0 Å². The maximum absolute atomic E-state index is 11.6. The Balaban J connectivity index is 1.63. The zero-order valence-electron chi connectivity index (χ0n) is 11.2. The van der Waals surface area contributed by atoms with Crippen molar-refractivity contribution in [2.24, 2.45) is 0 Å². The Morgan fingerprint density at radius 1 is 1.29 bits per heavy atom. The number of benzene rings is 1. The van der Waals surface area contributed by atoms with E-state index in [9.17, 15) is 4.79 Å². The van der Waals surface area contributed by atoms with E-state index in [4.69, 9.17) is 4.74 Å². The molecule has 1 heterocycles. The van der Waals surface area contributed by atoms with Crippen molar-refractivity contribution in [3.05, 3.63) is 60.0 Å². The first kappa shape index (κ1) is 13.1. The molecule has 4 heteroatoms. The van der Waals surface area contributed by atoms with Crippen LogP contribution in [-0.2, 0) is 9.53 Å². The number of esters is 1. The fraction of sp³-hybridized carbons (Fsp3) is 0.118. The van der Waals surface area contributed by atoms with Crippen LogP contribution in [0.5, 0.6) is 0 Å². The van der Waals surface area contributed by atoms with Gasteiger partial charge in [0, 0.05) is 0 Å². The summed E-state index contributed by atoms with van der Waals surface area (Å²) in [5.74, 6) is 5.27. The van der Waals surface area contributed by atoms with Crippen molar-refractivity contribution in [1.82, 2.24) is 9.97 Å². The molecule has 0 atom stereocenters. The van der Waals surface area contributed by atoms with E-state index in [-0.39, 0.29) is 12.6 Å². The molecule has 0 fully saturated rings. The molecule has 0 unspecified atom stereocenters. The summed E-state index contributed by atoms with van der Waals surface area (Å²) in [6.45, 7) is 0.0402. The van der Waals surface area contributed by atoms with Crippen molar-refractivity contribution in [2.75, 3.05) is 6.61 Å². The van der Waals surface area contributed by atoms with E-state index >= 15 is 0 Å². The normalized spacial score (nSPS) is 12.7. The average Bonchev–Trinajstić information content (AvgIpc) is 3.06. The van der Waals surface area contributed by atoms with Crippen LogP contribution in [0, 0.1) is 11.8 Å². The molecule has 1 aliphatic rings. The number of carbonyl (C=O) groups excluding carboxylic acids is 1. The van der Waals surface area contributed by atoms with Crippen LogP contribution in [0.2, 0.25) is 0 Å². The molecule has 0 amide bonds. The summed E-state index contributed by atoms with van der Waals surface area (Å²) in [6.07, 6.45) is 7.88. The van der Waals surface area contributed by atoms with E-state index in [1.54, 1.807) is 12.3 Å². The fourth-order valence-corrected chi connectivity index (χ4v) is 1.94. The number of allylic oxidation sites excluding steroid dienone is 2. The molecule has 3 rings (SSSR count). The number of rotatable bonds is 2. The van der Waals surface area contributed by atoms with Crippen molar-refractivity contribution >= 4 is 17.0 Å². The van der Waals surface area contributed by atoms with Gasteiger partial charge < -0.3 is 4.74 Å². The van der Waals surface area contributed by atoms with Crippen LogP contribution in [0.3, 0.4) is 0 Å². The summed E-state index contributed by atoms with van der Waals surface area (Å²) in [5, 5.41) is 0. The number of hydrogen-bond acceptors (Lipinski definition) is 4. The standard InChI is InChI=1S/C17H12N2O2/c20-17(13-6-1-2-7-13)21-11-5-8-14-12-18-15-9-3-4-10-16(15)19-14/h1,3-4,6-7,9-10,12H,2,11H2. The number of nitrogens with zero attached hydrogens (tertiary/aromatic N) is 2. The second-order valence-corrected chi connectivity index (χ2v) is 4.42. The highest BCUT2D eigenvalue weighted by molar-refractivity contribution is 5.92. The molecule has 102 valence electrons. The van der Waals surface area contributed by atoms with Crippen molar-refractivity contribution in [2.45, 2.75) is 6.42 Å². The van der Waals surface area contributed by atoms with E-state index in [1.165, 1.54) is 0 Å². The van der Waals surface area contributed by atoms with E-state index in [0.717, 1.165) is 17.5 Å². The molecule has 1 aromatic carbocycles. The summed E-state index contributed by atoms with van der Waals surface area (Å²) in [5.41, 5.74) is 2.77. The van der Waals surface area contributed by atoms with Gasteiger partial charge >= 0.3 is 5.97 Å². The van der Waals surface area contributed by atoms with Gasteiger partial charge in [0.2, 0.25) is 0 Å². The molecular weight excluding hydrogens is 264 g/mol. The topological polar surface area (TPSA) is 52.1 Å². The van der Waals surface area contributed by atoms with Crippen LogP contribution in [0.15, 0.2) is 54.3 Å². The SMILES string of the molecule is O=C(OCC#Cc1cnc2ccccc2n1)C1=CCC=C1. The molecular formula is C17H12N2O2. The lowest BCUT2D eigenvalue weighted by atomic mass is 10.3. The van der Waals surface area contributed by atoms with Gasteiger partial charge in [0.15, 0.2) is 6.61 Å². The molecule has 1 aromatic heterocycles. The summed E-state index contributed by atoms with van der Waals surface area (Å²) < 4.78 is 5.05. The van der Waals surface area contributed by atoms with Gasteiger partial charge in [-0.3, -0.25) is 4.98 Å². The van der Waals surface area contributed by atoms with Gasteiger partial charge in [-0.25, -0.2) is 9.78 Å². The van der Waals surface area contributed by atoms with Crippen LogP contribution in [0.1, 0.15) is 12.1 Å². The maximum Gasteiger partial charge on any atom is 0.338 e. The van der Waals surface area contributed by atoms with Gasteiger partial charge in [-0.05, 0) is 24.5 Å². The lowest BCUT2D eigenvalue weighted by molar-refractivity contribution is -0.137. The van der Waals surface area contributed by atoms with E-state index < -0.39 is 0 Å². The van der Waals surface area contributed by atoms with Gasteiger partial charge in [-0.1, -0.05) is 36.3 Å². The minimum absolute atomic E-state index is 0.0402. The second-order valence-electron chi connectivity index (χ2n) is 4.42. The molecule has 0 radical (unpaired) electrons. The molecule has 0 N–H and O–H groups in total. The van der Waals surface area contributed by atoms with Crippen LogP contribution < -0.4 is 0 Å². The molecule has 2 aromatic rings. The first-order chi connectivity index (χ1) is 10.3. The van der Waals surface area contributed by atoms with E-state index in [2.05, 4.69) is 21.8 Å². The summed E-state index contributed by atoms with van der Waals surface area (Å²) in [6, 6.07) is 7.59. The third-order valence-electron chi connectivity index (χ3n) is 2.95. The third-order valence-corrected chi connectivity index (χ3v) is 2.95. The fourth-order valence-electron chi connectivity index (χ4n) is 1.94. The van der Waals surface area contributed by atoms with Crippen LogP contribution in [-0.4, -0.2) is 22.5 Å². The molecule has 0 bridgehead atoms. The number of para-hydroxylation sites is 2. The first-order valence-electron chi connectivity index (χ1n) is 6.57. The van der Waals surface area contributed by atoms with Gasteiger partial charge in [0.25, 0.3) is 0 Å². The molecule has 1 aliphatic carbocycles. The van der Waals surface area contributed by atoms with Crippen molar-refractivity contribution in [3.63, 3.8) is 0 Å². The second kappa shape index (κ2) is 6.02. The van der Waals surface area contributed by atoms with Crippen molar-refractivity contribution in [3.8, 4) is 11.8 Å². The van der Waals surface area contributed by atoms with Gasteiger partial charge in [0.1, 0.15) is 5.69 Å². The van der Waals surface area contributed by atoms with E-state index in [1.807, 2.05) is 36.4 Å². The third kappa shape index (κ3) is 3.15. The van der Waals surface area contributed by atoms with E-state index in [0.29, 0.717) is 11.3 Å². The Morgan fingerprint density at radius 2 is 2.14 bits per heavy atom. The Morgan fingerprint density at radius 3 is 2.95 bits per heavy atom. The Labute approximate surface area is 122 Å². The maximum atomic E-state index is 11.6. The Bertz CT molecular complexity index is 810. The van der Waals surface area contributed by atoms with Crippen molar-refractivity contribution in [1.29, 1.82) is 0 Å². The average molecular weight is 276 g/mol. The number of ether oxygens (including phenoxy) is 1. The first-order valence-corrected chi connectivity index (χ1v) is 6.57. The zero-order valence-corrected chi connectivity index (χ0v) is 11.2. The molecule has 0 aliphatic heterocycles. The Hall–Kier alpha value is -2.93. The lowest BCUT2D eigenvalue weighted by Gasteiger charge is -1.98. The number of aromatic nitrogens is 2. The monoisotopic (exact) mass is 276 g/mol. The largest absolute Gasteiger partial charge is 0.449 e. The number of hydrogen-bond donors (Lipinski definition) is 0. The minimum atomic E-state index is -0.345. The molecule has 0 saturated carbocycles. The smallest absolute Gasteiger partial charge is 0.338 e. The molecule has 0 saturated heterocycles. The van der Waals surface area contributed by atoms with Crippen molar-refractivity contribution < 1.29 is 9.53 Å². The zero-order chi connectivity index (χ0) is 14.5. The minimum Gasteiger partial charge on any atom is -0.449 e. The Kier molecular flexibility index (Phi) is 3.74. The van der Waals surface area contributed by atoms with Crippen LogP contribution in [0.4, 0.5) is 0 Å². The lowest BCUT2D eigenvalue weighted by Crippen LogP contribution is -2.05. The summed E-state index contributed by atoms with van der Waals surface area (Å²) >= 11 is 0. The highest BCUT2D eigenvalue weighted by atomic mass is 16.5. The summed E-state index contributed by atoms with van der Waals surface area (Å²) in [7, 11) is 0. The highest BCUT2D eigenvalue weighted by Crippen LogP contribution is 2.10. The molecule has 4 nitrogen and oxygen atoms in total. The van der Waals surface area contributed by atoms with Crippen LogP contribution >= 0.6 is 0 Å². The van der Waals surface area contributed by atoms with Gasteiger partial charge in [0.05, 0.1) is 22.8 Å².